The van der Waals surface area contributed by atoms with Crippen LogP contribution in [0.1, 0.15) is 11.1 Å². The smallest absolute Gasteiger partial charge is 0.0175 e. The molecule has 0 amide bonds. The fraction of sp³-hybridized carbons (Fsp3) is 0.200. The van der Waals surface area contributed by atoms with Crippen molar-refractivity contribution in [2.45, 2.75) is 13.8 Å². The molecule has 0 aliphatic heterocycles. The van der Waals surface area contributed by atoms with Crippen molar-refractivity contribution in [2.75, 3.05) is 6.66 Å². The predicted molar refractivity (Wildman–Crippen MR) is 75.2 cm³/mol. The average molecular weight is 228 g/mol. The maximum atomic E-state index is 2.33. The van der Waals surface area contributed by atoms with Gasteiger partial charge in [-0.05, 0) is 54.1 Å². The van der Waals surface area contributed by atoms with Crippen LogP contribution in [0.2, 0.25) is 0 Å². The van der Waals surface area contributed by atoms with E-state index in [9.17, 15) is 0 Å². The van der Waals surface area contributed by atoms with Crippen molar-refractivity contribution in [1.82, 2.24) is 0 Å². The first kappa shape index (κ1) is 11.4. The van der Waals surface area contributed by atoms with Gasteiger partial charge in [0.2, 0.25) is 0 Å². The molecule has 1 atom stereocenters. The SMILES string of the molecule is CPc1cc(-c2ccccc2)cc(C)c1C. The summed E-state index contributed by atoms with van der Waals surface area (Å²) in [7, 11) is 0.867. The summed E-state index contributed by atoms with van der Waals surface area (Å²) in [5.41, 5.74) is 5.49. The fourth-order valence-electron chi connectivity index (χ4n) is 1.92. The molecule has 0 saturated carbocycles. The highest BCUT2D eigenvalue weighted by Crippen LogP contribution is 2.23. The second-order valence-corrected chi connectivity index (χ2v) is 5.12. The Hall–Kier alpha value is -1.13. The minimum Gasteiger partial charge on any atom is -0.0933 e. The van der Waals surface area contributed by atoms with Crippen LogP contribution in [0.25, 0.3) is 11.1 Å². The number of benzene rings is 2. The van der Waals surface area contributed by atoms with Gasteiger partial charge in [0.1, 0.15) is 0 Å². The maximum absolute atomic E-state index is 2.33. The van der Waals surface area contributed by atoms with Gasteiger partial charge < -0.3 is 0 Å². The van der Waals surface area contributed by atoms with Gasteiger partial charge in [0, 0.05) is 0 Å². The highest BCUT2D eigenvalue weighted by Gasteiger charge is 2.04. The lowest BCUT2D eigenvalue weighted by Crippen LogP contribution is -2.02. The van der Waals surface area contributed by atoms with Crippen LogP contribution in [-0.4, -0.2) is 6.66 Å². The first-order valence-electron chi connectivity index (χ1n) is 5.57. The third-order valence-corrected chi connectivity index (χ3v) is 4.10. The van der Waals surface area contributed by atoms with Gasteiger partial charge in [0.05, 0.1) is 0 Å². The van der Waals surface area contributed by atoms with Crippen LogP contribution >= 0.6 is 8.58 Å². The van der Waals surface area contributed by atoms with Crippen molar-refractivity contribution in [3.05, 3.63) is 53.6 Å². The highest BCUT2D eigenvalue weighted by atomic mass is 31.1. The van der Waals surface area contributed by atoms with Gasteiger partial charge in [-0.15, -0.1) is 0 Å². The van der Waals surface area contributed by atoms with Crippen molar-refractivity contribution >= 4 is 13.9 Å². The van der Waals surface area contributed by atoms with Gasteiger partial charge in [-0.1, -0.05) is 45.0 Å². The Balaban J connectivity index is 2.55. The summed E-state index contributed by atoms with van der Waals surface area (Å²) in [4.78, 5) is 0. The van der Waals surface area contributed by atoms with E-state index in [4.69, 9.17) is 0 Å². The number of hydrogen-bond donors (Lipinski definition) is 0. The number of aryl methyl sites for hydroxylation is 1. The zero-order valence-corrected chi connectivity index (χ0v) is 11.0. The van der Waals surface area contributed by atoms with Crippen LogP contribution in [-0.2, 0) is 0 Å². The number of hydrogen-bond acceptors (Lipinski definition) is 0. The highest BCUT2D eigenvalue weighted by molar-refractivity contribution is 7.46. The first-order chi connectivity index (χ1) is 7.72. The minimum absolute atomic E-state index is 0.867. The molecular weight excluding hydrogens is 211 g/mol. The van der Waals surface area contributed by atoms with Crippen LogP contribution in [0, 0.1) is 13.8 Å². The molecule has 2 aromatic rings. The summed E-state index contributed by atoms with van der Waals surface area (Å²) in [6.45, 7) is 6.66. The Morgan fingerprint density at radius 1 is 0.875 bits per heavy atom. The minimum atomic E-state index is 0.867. The summed E-state index contributed by atoms with van der Waals surface area (Å²) >= 11 is 0. The van der Waals surface area contributed by atoms with Crippen LogP contribution in [0.5, 0.6) is 0 Å². The van der Waals surface area contributed by atoms with Crippen molar-refractivity contribution in [3.63, 3.8) is 0 Å². The molecule has 0 N–H and O–H groups in total. The molecule has 1 unspecified atom stereocenters. The van der Waals surface area contributed by atoms with E-state index in [2.05, 4.69) is 63.0 Å². The van der Waals surface area contributed by atoms with E-state index in [0.29, 0.717) is 0 Å². The molecule has 1 heteroatoms. The van der Waals surface area contributed by atoms with Gasteiger partial charge in [-0.2, -0.15) is 0 Å². The molecule has 2 aromatic carbocycles. The van der Waals surface area contributed by atoms with Crippen LogP contribution in [0.15, 0.2) is 42.5 Å². The Labute approximate surface area is 99.5 Å². The molecule has 0 saturated heterocycles. The quantitative estimate of drug-likeness (QED) is 0.684. The van der Waals surface area contributed by atoms with E-state index in [1.807, 2.05) is 0 Å². The molecule has 0 nitrogen and oxygen atoms in total. The standard InChI is InChI=1S/C15H17P/c1-11-9-14(10-15(16-3)12(11)2)13-7-5-4-6-8-13/h4-10,16H,1-3H3. The van der Waals surface area contributed by atoms with Crippen molar-refractivity contribution in [1.29, 1.82) is 0 Å². The molecule has 0 heterocycles. The molecule has 2 rings (SSSR count). The second kappa shape index (κ2) is 4.80. The molecular formula is C15H17P. The molecule has 0 radical (unpaired) electrons. The van der Waals surface area contributed by atoms with E-state index in [1.165, 1.54) is 27.6 Å². The van der Waals surface area contributed by atoms with Gasteiger partial charge in [0.15, 0.2) is 0 Å². The fourth-order valence-corrected chi connectivity index (χ4v) is 2.79. The summed E-state index contributed by atoms with van der Waals surface area (Å²) in [6, 6.07) is 15.2. The van der Waals surface area contributed by atoms with Crippen LogP contribution < -0.4 is 5.30 Å². The second-order valence-electron chi connectivity index (χ2n) is 4.08. The van der Waals surface area contributed by atoms with E-state index in [-0.39, 0.29) is 0 Å². The van der Waals surface area contributed by atoms with E-state index in [1.54, 1.807) is 0 Å². The summed E-state index contributed by atoms with van der Waals surface area (Å²) in [5, 5.41) is 1.49. The molecule has 0 spiro atoms. The average Bonchev–Trinajstić information content (AvgIpc) is 2.33. The van der Waals surface area contributed by atoms with Crippen molar-refractivity contribution in [2.24, 2.45) is 0 Å². The lowest BCUT2D eigenvalue weighted by molar-refractivity contribution is 1.37. The van der Waals surface area contributed by atoms with Gasteiger partial charge >= 0.3 is 0 Å². The molecule has 0 aliphatic rings. The zero-order valence-electron chi connectivity index (χ0n) is 10.0. The Morgan fingerprint density at radius 2 is 1.56 bits per heavy atom. The van der Waals surface area contributed by atoms with Crippen LogP contribution in [0.4, 0.5) is 0 Å². The lowest BCUT2D eigenvalue weighted by Gasteiger charge is -2.11. The van der Waals surface area contributed by atoms with E-state index in [0.717, 1.165) is 8.58 Å². The summed E-state index contributed by atoms with van der Waals surface area (Å²) in [6.07, 6.45) is 0. The summed E-state index contributed by atoms with van der Waals surface area (Å²) < 4.78 is 0. The van der Waals surface area contributed by atoms with Gasteiger partial charge in [0.25, 0.3) is 0 Å². The van der Waals surface area contributed by atoms with Crippen molar-refractivity contribution in [3.8, 4) is 11.1 Å². The molecule has 16 heavy (non-hydrogen) atoms. The van der Waals surface area contributed by atoms with E-state index < -0.39 is 0 Å². The Morgan fingerprint density at radius 3 is 2.19 bits per heavy atom. The normalized spacial score (nSPS) is 11.2. The summed E-state index contributed by atoms with van der Waals surface area (Å²) in [5.74, 6) is 0. The van der Waals surface area contributed by atoms with Gasteiger partial charge in [-0.3, -0.25) is 0 Å². The maximum Gasteiger partial charge on any atom is -0.0175 e. The topological polar surface area (TPSA) is 0 Å². The molecule has 0 fully saturated rings. The van der Waals surface area contributed by atoms with Gasteiger partial charge in [-0.25, -0.2) is 0 Å². The lowest BCUT2D eigenvalue weighted by atomic mass is 10.0. The third kappa shape index (κ3) is 2.18. The molecule has 0 aliphatic carbocycles. The molecule has 0 aromatic heterocycles. The molecule has 0 bridgehead atoms. The predicted octanol–water partition coefficient (Wildman–Crippen LogP) is 3.90. The Bertz CT molecular complexity index is 486. The Kier molecular flexibility index (Phi) is 3.41. The monoisotopic (exact) mass is 228 g/mol. The third-order valence-electron chi connectivity index (χ3n) is 3.04. The largest absolute Gasteiger partial charge is 0.0933 e. The van der Waals surface area contributed by atoms with Crippen molar-refractivity contribution < 1.29 is 0 Å². The number of rotatable bonds is 2. The van der Waals surface area contributed by atoms with Crippen LogP contribution in [0.3, 0.4) is 0 Å². The molecule has 82 valence electrons. The zero-order chi connectivity index (χ0) is 11.5. The van der Waals surface area contributed by atoms with E-state index >= 15 is 0 Å². The first-order valence-corrected chi connectivity index (χ1v) is 7.07.